The minimum atomic E-state index is -0.793. The normalized spacial score (nSPS) is 41.6. The molecule has 6 saturated carbocycles. The first-order valence-corrected chi connectivity index (χ1v) is 32.8. The molecule has 0 spiro atoms. The van der Waals surface area contributed by atoms with Crippen LogP contribution in [-0.2, 0) is 21.4 Å². The van der Waals surface area contributed by atoms with Gasteiger partial charge in [0, 0.05) is 36.8 Å². The summed E-state index contributed by atoms with van der Waals surface area (Å²) in [5, 5.41) is 3.50. The SMILES string of the molecule is C/C=C1\C2C=C(C)CC1(NC(=O)O[C@H]1CC[C@@]3(C)C(=CC[C@H]4[C@@H]5CC[C@H]([C@H](C)CCCC(C)C)[C@@]5(C)CC[C@@H]43)C1)c1ccc(OC(=O)O[C@H]3CC[C@@]4(C)C(=CC[C@H]5[C@@H]6CC[C@H]([C@H](C)CCCC(C)C)[C@@]6(C)CC[C@@H]54)C3)nc1C2. The lowest BCUT2D eigenvalue weighted by Crippen LogP contribution is -2.54. The lowest BCUT2D eigenvalue weighted by atomic mass is 9.47. The quantitative estimate of drug-likeness (QED) is 0.148. The van der Waals surface area contributed by atoms with Gasteiger partial charge in [0.15, 0.2) is 0 Å². The highest BCUT2D eigenvalue weighted by Crippen LogP contribution is 2.69. The summed E-state index contributed by atoms with van der Waals surface area (Å²) < 4.78 is 18.7. The van der Waals surface area contributed by atoms with Crippen LogP contribution in [-0.4, -0.2) is 29.4 Å². The fourth-order valence-electron chi connectivity index (χ4n) is 21.8. The smallest absolute Gasteiger partial charge is 0.446 e. The molecular weight excluding hydrogens is 961 g/mol. The van der Waals surface area contributed by atoms with Crippen molar-refractivity contribution < 1.29 is 23.8 Å². The molecule has 1 aromatic rings. The van der Waals surface area contributed by atoms with Crippen LogP contribution < -0.4 is 10.1 Å². The van der Waals surface area contributed by atoms with E-state index < -0.39 is 11.7 Å². The Kier molecular flexibility index (Phi) is 15.8. The van der Waals surface area contributed by atoms with Gasteiger partial charge in [-0.15, -0.1) is 0 Å². The number of ether oxygens (including phenoxy) is 3. The van der Waals surface area contributed by atoms with Crippen LogP contribution in [0.4, 0.5) is 9.59 Å². The maximum absolute atomic E-state index is 14.5. The van der Waals surface area contributed by atoms with Gasteiger partial charge in [-0.1, -0.05) is 149 Å². The largest absolute Gasteiger partial charge is 0.515 e. The third-order valence-corrected chi connectivity index (χ3v) is 25.6. The predicted octanol–water partition coefficient (Wildman–Crippen LogP) is 18.8. The molecule has 78 heavy (non-hydrogen) atoms. The monoisotopic (exact) mass is 1070 g/mol. The van der Waals surface area contributed by atoms with Crippen molar-refractivity contribution in [2.24, 2.45) is 98.6 Å². The molecule has 0 saturated heterocycles. The molecule has 7 nitrogen and oxygen atoms in total. The van der Waals surface area contributed by atoms with E-state index in [-0.39, 0.29) is 40.9 Å². The van der Waals surface area contributed by atoms with Gasteiger partial charge >= 0.3 is 12.2 Å². The Morgan fingerprint density at radius 2 is 1.21 bits per heavy atom. The lowest BCUT2D eigenvalue weighted by Gasteiger charge is -2.58. The first kappa shape index (κ1) is 56.5. The third kappa shape index (κ3) is 9.95. The summed E-state index contributed by atoms with van der Waals surface area (Å²) in [4.78, 5) is 33.2. The molecule has 430 valence electrons. The third-order valence-electron chi connectivity index (χ3n) is 25.6. The molecule has 2 bridgehead atoms. The van der Waals surface area contributed by atoms with Gasteiger partial charge in [-0.3, -0.25) is 0 Å². The number of carbonyl (C=O) groups excluding carboxylic acids is 2. The molecule has 2 unspecified atom stereocenters. The number of fused-ring (bicyclic) bond motifs is 14. The van der Waals surface area contributed by atoms with Gasteiger partial charge in [0.1, 0.15) is 12.2 Å². The minimum Gasteiger partial charge on any atom is -0.446 e. The van der Waals surface area contributed by atoms with Crippen LogP contribution in [0.25, 0.3) is 0 Å². The van der Waals surface area contributed by atoms with Crippen molar-refractivity contribution in [2.45, 2.75) is 255 Å². The van der Waals surface area contributed by atoms with Gasteiger partial charge in [-0.2, -0.15) is 0 Å². The zero-order valence-electron chi connectivity index (χ0n) is 51.1. The zero-order valence-corrected chi connectivity index (χ0v) is 51.1. The van der Waals surface area contributed by atoms with Crippen molar-refractivity contribution in [1.29, 1.82) is 0 Å². The van der Waals surface area contributed by atoms with Crippen molar-refractivity contribution in [3.8, 4) is 5.88 Å². The number of nitrogens with zero attached hydrogens (tertiary/aromatic N) is 1. The molecule has 1 N–H and O–H groups in total. The molecule has 18 atom stereocenters. The number of hydrogen-bond acceptors (Lipinski definition) is 6. The van der Waals surface area contributed by atoms with E-state index in [9.17, 15) is 9.59 Å². The van der Waals surface area contributed by atoms with E-state index in [0.29, 0.717) is 23.7 Å². The summed E-state index contributed by atoms with van der Waals surface area (Å²) in [5.41, 5.74) is 7.81. The highest BCUT2D eigenvalue weighted by molar-refractivity contribution is 5.72. The van der Waals surface area contributed by atoms with Crippen LogP contribution in [0.3, 0.4) is 0 Å². The molecule has 1 heterocycles. The number of alkyl carbamates (subject to hydrolysis) is 1. The molecule has 7 heteroatoms. The molecule has 10 aliphatic carbocycles. The van der Waals surface area contributed by atoms with Gasteiger partial charge < -0.3 is 19.5 Å². The summed E-state index contributed by atoms with van der Waals surface area (Å²) in [7, 11) is 0. The Morgan fingerprint density at radius 1 is 0.667 bits per heavy atom. The van der Waals surface area contributed by atoms with Crippen molar-refractivity contribution in [1.82, 2.24) is 10.3 Å². The fourth-order valence-corrected chi connectivity index (χ4v) is 21.8. The van der Waals surface area contributed by atoms with E-state index in [0.717, 1.165) is 121 Å². The maximum atomic E-state index is 14.5. The molecule has 1 amide bonds. The summed E-state index contributed by atoms with van der Waals surface area (Å²) >= 11 is 0. The predicted molar refractivity (Wildman–Crippen MR) is 316 cm³/mol. The molecule has 6 fully saturated rings. The van der Waals surface area contributed by atoms with Gasteiger partial charge in [0.25, 0.3) is 0 Å². The average Bonchev–Trinajstić information content (AvgIpc) is 4.08. The Bertz CT molecular complexity index is 2540. The van der Waals surface area contributed by atoms with Crippen LogP contribution in [0.5, 0.6) is 5.88 Å². The van der Waals surface area contributed by atoms with Crippen LogP contribution in [0.2, 0.25) is 0 Å². The number of amides is 1. The highest BCUT2D eigenvalue weighted by atomic mass is 16.7. The number of rotatable bonds is 14. The topological polar surface area (TPSA) is 86.8 Å². The van der Waals surface area contributed by atoms with E-state index in [1.165, 1.54) is 119 Å². The highest BCUT2D eigenvalue weighted by Gasteiger charge is 2.61. The number of carbonyl (C=O) groups is 2. The van der Waals surface area contributed by atoms with E-state index in [1.807, 2.05) is 6.07 Å². The molecule has 0 aromatic carbocycles. The van der Waals surface area contributed by atoms with E-state index in [1.54, 1.807) is 11.6 Å². The Morgan fingerprint density at radius 3 is 1.73 bits per heavy atom. The molecular formula is C71H106N2O5. The summed E-state index contributed by atoms with van der Waals surface area (Å²) in [5.74, 6) is 9.94. The van der Waals surface area contributed by atoms with E-state index in [4.69, 9.17) is 19.2 Å². The summed E-state index contributed by atoms with van der Waals surface area (Å²) in [6, 6.07) is 3.83. The lowest BCUT2D eigenvalue weighted by molar-refractivity contribution is -0.0597. The Labute approximate surface area is 473 Å². The summed E-state index contributed by atoms with van der Waals surface area (Å²) in [6.07, 6.45) is 36.9. The molecule has 10 aliphatic rings. The summed E-state index contributed by atoms with van der Waals surface area (Å²) in [6.45, 7) is 29.4. The van der Waals surface area contributed by atoms with E-state index in [2.05, 4.69) is 113 Å². The van der Waals surface area contributed by atoms with Crippen LogP contribution >= 0.6 is 0 Å². The van der Waals surface area contributed by atoms with Gasteiger partial charge in [0.05, 0.1) is 11.2 Å². The second kappa shape index (κ2) is 21.8. The van der Waals surface area contributed by atoms with Crippen molar-refractivity contribution in [3.63, 3.8) is 0 Å². The Hall–Kier alpha value is -3.35. The number of allylic oxidation sites excluding steroid dienone is 4. The second-order valence-corrected chi connectivity index (χ2v) is 30.6. The van der Waals surface area contributed by atoms with Gasteiger partial charge in [0.2, 0.25) is 5.88 Å². The number of pyridine rings is 1. The Balaban J connectivity index is 0.712. The molecule has 0 radical (unpaired) electrons. The molecule has 11 rings (SSSR count). The van der Waals surface area contributed by atoms with Crippen LogP contribution in [0, 0.1) is 98.6 Å². The van der Waals surface area contributed by atoms with Gasteiger partial charge in [-0.05, 0) is 214 Å². The minimum absolute atomic E-state index is 0.0682. The fraction of sp³-hybridized carbons (Fsp3) is 0.789. The number of hydrogen-bond donors (Lipinski definition) is 1. The van der Waals surface area contributed by atoms with Crippen molar-refractivity contribution in [3.05, 3.63) is 70.0 Å². The maximum Gasteiger partial charge on any atom is 0.515 e. The number of nitrogens with one attached hydrogen (secondary N) is 1. The zero-order chi connectivity index (χ0) is 55.1. The van der Waals surface area contributed by atoms with E-state index >= 15 is 0 Å². The standard InChI is InChI=1S/C71H106N2O5/c1-13-55-48-38-45(6)42-71(55,73-65(74)76-51-30-34-67(9)49(40-51)20-22-53-58-26-24-56(46(7)18-14-16-43(2)3)69(58,11)36-32-60(53)67)62-28-29-64(72-63(62)39-48)78-66(75)77-52-31-35-68(10)50(41-52)21-23-54-59-27-25-57(47(8)19-15-17-44(4)5)70(59,12)37-33-61(54)68/h13,20-21,28-29,38,43-44,46-48,51-54,56-61H,14-19,22-27,30-37,39-42H2,1-12H3,(H,73,74)/b55-13+/t46-,47-,48?,51+,52+,53+,54+,56-,57-,58+,59+,60+,61+,67+,68+,69-,70-,71?/m1/s1. The molecule has 0 aliphatic heterocycles. The average molecular weight is 1070 g/mol. The van der Waals surface area contributed by atoms with Crippen LogP contribution in [0.15, 0.2) is 58.7 Å². The first-order chi connectivity index (χ1) is 37.2. The van der Waals surface area contributed by atoms with Crippen molar-refractivity contribution >= 4 is 12.2 Å². The second-order valence-electron chi connectivity index (χ2n) is 30.6. The first-order valence-electron chi connectivity index (χ1n) is 32.8. The number of aromatic nitrogens is 1. The van der Waals surface area contributed by atoms with Gasteiger partial charge in [-0.25, -0.2) is 14.6 Å². The van der Waals surface area contributed by atoms with Crippen LogP contribution in [0.1, 0.15) is 242 Å². The molecule has 1 aromatic heterocycles. The van der Waals surface area contributed by atoms with Crippen molar-refractivity contribution in [2.75, 3.05) is 0 Å².